The molecule has 3 aromatic rings. The minimum absolute atomic E-state index is 0.127. The highest BCUT2D eigenvalue weighted by molar-refractivity contribution is 6.42. The SMILES string of the molecule is O=c1oc(-c2ccc(Cl)c(Cl)c2)nn1-c1cccc(C(F)(F)F)n1. The van der Waals surface area contributed by atoms with Crippen molar-refractivity contribution in [1.82, 2.24) is 14.8 Å². The third-order valence-corrected chi connectivity index (χ3v) is 3.70. The zero-order valence-electron chi connectivity index (χ0n) is 11.5. The minimum Gasteiger partial charge on any atom is -0.387 e. The van der Waals surface area contributed by atoms with Crippen LogP contribution in [0.3, 0.4) is 0 Å². The van der Waals surface area contributed by atoms with Gasteiger partial charge in [-0.1, -0.05) is 29.3 Å². The molecule has 0 fully saturated rings. The van der Waals surface area contributed by atoms with Gasteiger partial charge in [0, 0.05) is 5.56 Å². The number of halogens is 5. The highest BCUT2D eigenvalue weighted by Crippen LogP contribution is 2.29. The van der Waals surface area contributed by atoms with Gasteiger partial charge in [-0.15, -0.1) is 9.78 Å². The van der Waals surface area contributed by atoms with Gasteiger partial charge in [0.15, 0.2) is 5.82 Å². The first-order chi connectivity index (χ1) is 11.3. The van der Waals surface area contributed by atoms with Crippen molar-refractivity contribution in [2.24, 2.45) is 0 Å². The Hall–Kier alpha value is -2.32. The molecule has 0 amide bonds. The predicted molar refractivity (Wildman–Crippen MR) is 80.4 cm³/mol. The minimum atomic E-state index is -4.64. The van der Waals surface area contributed by atoms with E-state index in [1.165, 1.54) is 24.3 Å². The molecule has 10 heteroatoms. The van der Waals surface area contributed by atoms with Crippen LogP contribution in [0.15, 0.2) is 45.6 Å². The number of alkyl halides is 3. The van der Waals surface area contributed by atoms with Crippen LogP contribution < -0.4 is 5.76 Å². The summed E-state index contributed by atoms with van der Waals surface area (Å²) in [5.74, 6) is -1.43. The number of hydrogen-bond donors (Lipinski definition) is 0. The maximum absolute atomic E-state index is 12.7. The fraction of sp³-hybridized carbons (Fsp3) is 0.0714. The molecule has 2 heterocycles. The van der Waals surface area contributed by atoms with Crippen LogP contribution in [0.4, 0.5) is 13.2 Å². The lowest BCUT2D eigenvalue weighted by atomic mass is 10.2. The van der Waals surface area contributed by atoms with E-state index >= 15 is 0 Å². The third kappa shape index (κ3) is 3.15. The maximum atomic E-state index is 12.7. The number of aromatic nitrogens is 3. The van der Waals surface area contributed by atoms with E-state index in [-0.39, 0.29) is 16.7 Å². The molecule has 0 aliphatic heterocycles. The molecular formula is C14H6Cl2F3N3O2. The summed E-state index contributed by atoms with van der Waals surface area (Å²) in [5.41, 5.74) is -0.807. The van der Waals surface area contributed by atoms with E-state index in [1.54, 1.807) is 0 Å². The maximum Gasteiger partial charge on any atom is 0.443 e. The van der Waals surface area contributed by atoms with E-state index < -0.39 is 17.6 Å². The molecule has 0 saturated heterocycles. The van der Waals surface area contributed by atoms with Crippen molar-refractivity contribution in [3.05, 3.63) is 62.7 Å². The molecule has 124 valence electrons. The second-order valence-corrected chi connectivity index (χ2v) is 5.41. The summed E-state index contributed by atoms with van der Waals surface area (Å²) >= 11 is 11.7. The fourth-order valence-electron chi connectivity index (χ4n) is 1.87. The molecule has 0 radical (unpaired) electrons. The highest BCUT2D eigenvalue weighted by Gasteiger charge is 2.32. The first kappa shape index (κ1) is 16.5. The summed E-state index contributed by atoms with van der Waals surface area (Å²) in [7, 11) is 0. The lowest BCUT2D eigenvalue weighted by molar-refractivity contribution is -0.141. The summed E-state index contributed by atoms with van der Waals surface area (Å²) in [6, 6.07) is 7.50. The van der Waals surface area contributed by atoms with Crippen molar-refractivity contribution in [2.45, 2.75) is 6.18 Å². The van der Waals surface area contributed by atoms with Crippen LogP contribution >= 0.6 is 23.2 Å². The number of nitrogens with zero attached hydrogens (tertiary/aromatic N) is 3. The number of benzene rings is 1. The van der Waals surface area contributed by atoms with E-state index in [2.05, 4.69) is 10.1 Å². The molecule has 0 aliphatic rings. The van der Waals surface area contributed by atoms with Gasteiger partial charge < -0.3 is 4.42 Å². The summed E-state index contributed by atoms with van der Waals surface area (Å²) in [6.07, 6.45) is -4.64. The smallest absolute Gasteiger partial charge is 0.387 e. The van der Waals surface area contributed by atoms with Crippen LogP contribution in [0.2, 0.25) is 10.0 Å². The van der Waals surface area contributed by atoms with Crippen molar-refractivity contribution < 1.29 is 17.6 Å². The lowest BCUT2D eigenvalue weighted by Gasteiger charge is -2.06. The standard InChI is InChI=1S/C14H6Cl2F3N3O2/c15-8-5-4-7(6-9(8)16)12-21-22(13(23)24-12)11-3-1-2-10(20-11)14(17,18)19/h1-6H. The van der Waals surface area contributed by atoms with E-state index in [4.69, 9.17) is 27.6 Å². The number of hydrogen-bond acceptors (Lipinski definition) is 4. The third-order valence-electron chi connectivity index (χ3n) is 2.96. The van der Waals surface area contributed by atoms with Gasteiger partial charge in [-0.25, -0.2) is 9.78 Å². The highest BCUT2D eigenvalue weighted by atomic mass is 35.5. The van der Waals surface area contributed by atoms with Gasteiger partial charge in [-0.05, 0) is 30.3 Å². The fourth-order valence-corrected chi connectivity index (χ4v) is 2.17. The molecule has 0 bridgehead atoms. The molecular weight excluding hydrogens is 370 g/mol. The molecule has 3 rings (SSSR count). The molecule has 0 aliphatic carbocycles. The van der Waals surface area contributed by atoms with Gasteiger partial charge in [-0.3, -0.25) is 0 Å². The summed E-state index contributed by atoms with van der Waals surface area (Å²) in [6.45, 7) is 0. The molecule has 5 nitrogen and oxygen atoms in total. The van der Waals surface area contributed by atoms with Crippen molar-refractivity contribution in [3.63, 3.8) is 0 Å². The quantitative estimate of drug-likeness (QED) is 0.672. The van der Waals surface area contributed by atoms with Gasteiger partial charge in [0.2, 0.25) is 5.89 Å². The average Bonchev–Trinajstić information content (AvgIpc) is 2.91. The van der Waals surface area contributed by atoms with Gasteiger partial charge in [-0.2, -0.15) is 13.2 Å². The van der Waals surface area contributed by atoms with E-state index in [9.17, 15) is 18.0 Å². The van der Waals surface area contributed by atoms with Crippen molar-refractivity contribution >= 4 is 23.2 Å². The molecule has 0 atom stereocenters. The van der Waals surface area contributed by atoms with Crippen LogP contribution in [-0.2, 0) is 6.18 Å². The van der Waals surface area contributed by atoms with Crippen LogP contribution in [0.25, 0.3) is 17.3 Å². The summed E-state index contributed by atoms with van der Waals surface area (Å²) < 4.78 is 43.7. The molecule has 0 N–H and O–H groups in total. The Morgan fingerprint density at radius 2 is 1.83 bits per heavy atom. The normalized spacial score (nSPS) is 11.7. The largest absolute Gasteiger partial charge is 0.443 e. The van der Waals surface area contributed by atoms with Crippen LogP contribution in [0, 0.1) is 0 Å². The zero-order chi connectivity index (χ0) is 17.5. The molecule has 2 aromatic heterocycles. The topological polar surface area (TPSA) is 60.9 Å². The van der Waals surface area contributed by atoms with Crippen LogP contribution in [0.1, 0.15) is 5.69 Å². The van der Waals surface area contributed by atoms with Crippen molar-refractivity contribution in [2.75, 3.05) is 0 Å². The van der Waals surface area contributed by atoms with Crippen LogP contribution in [0.5, 0.6) is 0 Å². The lowest BCUT2D eigenvalue weighted by Crippen LogP contribution is -2.17. The molecule has 24 heavy (non-hydrogen) atoms. The Balaban J connectivity index is 2.07. The van der Waals surface area contributed by atoms with Crippen molar-refractivity contribution in [3.8, 4) is 17.3 Å². The Morgan fingerprint density at radius 3 is 2.50 bits per heavy atom. The van der Waals surface area contributed by atoms with E-state index in [0.29, 0.717) is 15.3 Å². The van der Waals surface area contributed by atoms with E-state index in [0.717, 1.165) is 12.1 Å². The Kier molecular flexibility index (Phi) is 4.10. The first-order valence-electron chi connectivity index (χ1n) is 6.36. The van der Waals surface area contributed by atoms with E-state index in [1.807, 2.05) is 0 Å². The van der Waals surface area contributed by atoms with Gasteiger partial charge in [0.05, 0.1) is 10.0 Å². The average molecular weight is 376 g/mol. The molecule has 0 unspecified atom stereocenters. The second-order valence-electron chi connectivity index (χ2n) is 4.59. The van der Waals surface area contributed by atoms with Crippen LogP contribution in [-0.4, -0.2) is 14.8 Å². The Morgan fingerprint density at radius 1 is 1.08 bits per heavy atom. The summed E-state index contributed by atoms with van der Waals surface area (Å²) in [5, 5.41) is 4.36. The van der Waals surface area contributed by atoms with Gasteiger partial charge >= 0.3 is 11.9 Å². The molecule has 0 saturated carbocycles. The molecule has 1 aromatic carbocycles. The Labute approximate surface area is 142 Å². The Bertz CT molecular complexity index is 966. The molecule has 0 spiro atoms. The predicted octanol–water partition coefficient (Wildman–Crippen LogP) is 4.21. The number of rotatable bonds is 2. The first-order valence-corrected chi connectivity index (χ1v) is 7.11. The zero-order valence-corrected chi connectivity index (χ0v) is 13.0. The van der Waals surface area contributed by atoms with Gasteiger partial charge in [0.25, 0.3) is 0 Å². The van der Waals surface area contributed by atoms with Crippen molar-refractivity contribution in [1.29, 1.82) is 0 Å². The van der Waals surface area contributed by atoms with Gasteiger partial charge in [0.1, 0.15) is 5.69 Å². The number of pyridine rings is 1. The second kappa shape index (κ2) is 5.95. The monoisotopic (exact) mass is 375 g/mol. The summed E-state index contributed by atoms with van der Waals surface area (Å²) in [4.78, 5) is 15.3.